The third kappa shape index (κ3) is 1.98. The van der Waals surface area contributed by atoms with E-state index < -0.39 is 0 Å². The predicted molar refractivity (Wildman–Crippen MR) is 57.0 cm³/mol. The zero-order valence-corrected chi connectivity index (χ0v) is 9.06. The number of rotatable bonds is 4. The molecule has 0 unspecified atom stereocenters. The van der Waals surface area contributed by atoms with E-state index in [0.717, 1.165) is 13.1 Å². The first-order chi connectivity index (χ1) is 6.70. The first-order valence-electron chi connectivity index (χ1n) is 5.39. The molecule has 1 fully saturated rings. The maximum atomic E-state index is 4.01. The summed E-state index contributed by atoms with van der Waals surface area (Å²) in [6.07, 6.45) is 6.07. The molecule has 3 nitrogen and oxygen atoms in total. The third-order valence-electron chi connectivity index (χ3n) is 3.36. The normalized spacial score (nSPS) is 19.3. The second-order valence-electron chi connectivity index (χ2n) is 4.79. The fourth-order valence-electron chi connectivity index (χ4n) is 2.01. The molecule has 14 heavy (non-hydrogen) atoms. The molecular weight excluding hydrogens is 174 g/mol. The lowest BCUT2D eigenvalue weighted by molar-refractivity contribution is 0.156. The Morgan fingerprint density at radius 1 is 1.57 bits per heavy atom. The Kier molecular flexibility index (Phi) is 2.59. The van der Waals surface area contributed by atoms with Gasteiger partial charge in [-0.2, -0.15) is 5.10 Å². The molecule has 1 heterocycles. The SMILES string of the molecule is Cc1[nH]ncc1CNCC1(C)CCC1. The van der Waals surface area contributed by atoms with E-state index in [4.69, 9.17) is 0 Å². The fourth-order valence-corrected chi connectivity index (χ4v) is 2.01. The Labute approximate surface area is 85.3 Å². The van der Waals surface area contributed by atoms with Crippen molar-refractivity contribution < 1.29 is 0 Å². The molecule has 1 aromatic rings. The van der Waals surface area contributed by atoms with Crippen LogP contribution in [0, 0.1) is 12.3 Å². The molecule has 0 radical (unpaired) electrons. The Hall–Kier alpha value is -0.830. The van der Waals surface area contributed by atoms with Gasteiger partial charge in [0.15, 0.2) is 0 Å². The van der Waals surface area contributed by atoms with Gasteiger partial charge in [0.05, 0.1) is 6.20 Å². The minimum atomic E-state index is 0.567. The van der Waals surface area contributed by atoms with Gasteiger partial charge in [0, 0.05) is 24.3 Å². The van der Waals surface area contributed by atoms with Gasteiger partial charge in [0.25, 0.3) is 0 Å². The van der Waals surface area contributed by atoms with Crippen LogP contribution in [0.25, 0.3) is 0 Å². The van der Waals surface area contributed by atoms with E-state index in [1.807, 2.05) is 6.20 Å². The zero-order chi connectivity index (χ0) is 10.0. The molecule has 1 aliphatic rings. The molecule has 0 atom stereocenters. The van der Waals surface area contributed by atoms with Crippen LogP contribution in [0.2, 0.25) is 0 Å². The molecule has 0 amide bonds. The van der Waals surface area contributed by atoms with Crippen molar-refractivity contribution in [2.24, 2.45) is 5.41 Å². The lowest BCUT2D eigenvalue weighted by atomic mass is 9.70. The number of nitrogens with zero attached hydrogens (tertiary/aromatic N) is 1. The summed E-state index contributed by atoms with van der Waals surface area (Å²) < 4.78 is 0. The molecular formula is C11H19N3. The number of H-pyrrole nitrogens is 1. The Morgan fingerprint density at radius 2 is 2.36 bits per heavy atom. The Morgan fingerprint density at radius 3 is 2.86 bits per heavy atom. The van der Waals surface area contributed by atoms with Gasteiger partial charge in [-0.15, -0.1) is 0 Å². The molecule has 1 saturated carbocycles. The topological polar surface area (TPSA) is 40.7 Å². The first-order valence-corrected chi connectivity index (χ1v) is 5.39. The highest BCUT2D eigenvalue weighted by molar-refractivity contribution is 5.13. The van der Waals surface area contributed by atoms with Crippen molar-refractivity contribution in [2.75, 3.05) is 6.54 Å². The van der Waals surface area contributed by atoms with E-state index in [0.29, 0.717) is 5.41 Å². The molecule has 78 valence electrons. The largest absolute Gasteiger partial charge is 0.312 e. The number of aryl methyl sites for hydroxylation is 1. The summed E-state index contributed by atoms with van der Waals surface area (Å²) in [5.41, 5.74) is 3.03. The number of hydrogen-bond acceptors (Lipinski definition) is 2. The zero-order valence-electron chi connectivity index (χ0n) is 9.06. The second kappa shape index (κ2) is 3.73. The van der Waals surface area contributed by atoms with Crippen molar-refractivity contribution in [3.8, 4) is 0 Å². The quantitative estimate of drug-likeness (QED) is 0.768. The lowest BCUT2D eigenvalue weighted by Crippen LogP contribution is -2.37. The van der Waals surface area contributed by atoms with E-state index in [1.165, 1.54) is 30.5 Å². The van der Waals surface area contributed by atoms with Crippen LogP contribution in [0.1, 0.15) is 37.4 Å². The van der Waals surface area contributed by atoms with E-state index >= 15 is 0 Å². The maximum absolute atomic E-state index is 4.01. The van der Waals surface area contributed by atoms with Crippen molar-refractivity contribution in [2.45, 2.75) is 39.7 Å². The van der Waals surface area contributed by atoms with Crippen molar-refractivity contribution >= 4 is 0 Å². The lowest BCUT2D eigenvalue weighted by Gasteiger charge is -2.38. The van der Waals surface area contributed by atoms with Gasteiger partial charge in [-0.3, -0.25) is 5.10 Å². The summed E-state index contributed by atoms with van der Waals surface area (Å²) in [6, 6.07) is 0. The number of hydrogen-bond donors (Lipinski definition) is 2. The Bertz CT molecular complexity index is 299. The third-order valence-corrected chi connectivity index (χ3v) is 3.36. The smallest absolute Gasteiger partial charge is 0.0535 e. The fraction of sp³-hybridized carbons (Fsp3) is 0.727. The molecule has 0 saturated heterocycles. The van der Waals surface area contributed by atoms with Crippen molar-refractivity contribution in [3.63, 3.8) is 0 Å². The average molecular weight is 193 g/mol. The van der Waals surface area contributed by atoms with E-state index in [1.54, 1.807) is 0 Å². The van der Waals surface area contributed by atoms with Crippen LogP contribution >= 0.6 is 0 Å². The van der Waals surface area contributed by atoms with Crippen LogP contribution in [0.5, 0.6) is 0 Å². The minimum Gasteiger partial charge on any atom is -0.312 e. The van der Waals surface area contributed by atoms with Crippen LogP contribution in [0.4, 0.5) is 0 Å². The first kappa shape index (κ1) is 9.71. The molecule has 0 aromatic carbocycles. The number of nitrogens with one attached hydrogen (secondary N) is 2. The molecule has 2 N–H and O–H groups in total. The molecule has 0 spiro atoms. The van der Waals surface area contributed by atoms with E-state index in [9.17, 15) is 0 Å². The van der Waals surface area contributed by atoms with Crippen molar-refractivity contribution in [3.05, 3.63) is 17.5 Å². The predicted octanol–water partition coefficient (Wildman–Crippen LogP) is 2.00. The van der Waals surface area contributed by atoms with Gasteiger partial charge in [-0.1, -0.05) is 13.3 Å². The van der Waals surface area contributed by atoms with Crippen LogP contribution < -0.4 is 5.32 Å². The highest BCUT2D eigenvalue weighted by atomic mass is 15.1. The summed E-state index contributed by atoms with van der Waals surface area (Å²) in [4.78, 5) is 0. The molecule has 2 rings (SSSR count). The number of aromatic nitrogens is 2. The van der Waals surface area contributed by atoms with E-state index in [2.05, 4.69) is 29.4 Å². The van der Waals surface area contributed by atoms with Crippen LogP contribution in [0.15, 0.2) is 6.20 Å². The van der Waals surface area contributed by atoms with Gasteiger partial charge in [0.1, 0.15) is 0 Å². The van der Waals surface area contributed by atoms with E-state index in [-0.39, 0.29) is 0 Å². The van der Waals surface area contributed by atoms with Crippen molar-refractivity contribution in [1.82, 2.24) is 15.5 Å². The summed E-state index contributed by atoms with van der Waals surface area (Å²) in [5, 5.41) is 10.5. The number of aromatic amines is 1. The van der Waals surface area contributed by atoms with Gasteiger partial charge in [0.2, 0.25) is 0 Å². The highest BCUT2D eigenvalue weighted by Crippen LogP contribution is 2.39. The monoisotopic (exact) mass is 193 g/mol. The highest BCUT2D eigenvalue weighted by Gasteiger charge is 2.30. The second-order valence-corrected chi connectivity index (χ2v) is 4.79. The van der Waals surface area contributed by atoms with Crippen LogP contribution in [-0.4, -0.2) is 16.7 Å². The molecule has 1 aromatic heterocycles. The van der Waals surface area contributed by atoms with Gasteiger partial charge in [-0.25, -0.2) is 0 Å². The van der Waals surface area contributed by atoms with Crippen molar-refractivity contribution in [1.29, 1.82) is 0 Å². The standard InChI is InChI=1S/C11H19N3/c1-9-10(7-13-14-9)6-12-8-11(2)4-3-5-11/h7,12H,3-6,8H2,1-2H3,(H,13,14). The average Bonchev–Trinajstić information content (AvgIpc) is 2.49. The summed E-state index contributed by atoms with van der Waals surface area (Å²) in [5.74, 6) is 0. The molecule has 0 bridgehead atoms. The summed E-state index contributed by atoms with van der Waals surface area (Å²) in [7, 11) is 0. The van der Waals surface area contributed by atoms with Gasteiger partial charge >= 0.3 is 0 Å². The van der Waals surface area contributed by atoms with Gasteiger partial charge in [-0.05, 0) is 25.2 Å². The Balaban J connectivity index is 1.75. The molecule has 0 aliphatic heterocycles. The maximum Gasteiger partial charge on any atom is 0.0535 e. The summed E-state index contributed by atoms with van der Waals surface area (Å²) in [6.45, 7) is 6.51. The van der Waals surface area contributed by atoms with Crippen LogP contribution in [-0.2, 0) is 6.54 Å². The van der Waals surface area contributed by atoms with Crippen LogP contribution in [0.3, 0.4) is 0 Å². The molecule has 3 heteroatoms. The summed E-state index contributed by atoms with van der Waals surface area (Å²) >= 11 is 0. The van der Waals surface area contributed by atoms with Gasteiger partial charge < -0.3 is 5.32 Å². The molecule has 1 aliphatic carbocycles. The minimum absolute atomic E-state index is 0.567.